The number of pyridine rings is 1. The van der Waals surface area contributed by atoms with Crippen molar-refractivity contribution in [2.24, 2.45) is 5.10 Å². The zero-order valence-electron chi connectivity index (χ0n) is 16.8. The highest BCUT2D eigenvalue weighted by atomic mass is 35.5. The smallest absolute Gasteiger partial charge is 0.253 e. The third kappa shape index (κ3) is 3.11. The molecule has 0 atom stereocenters. The first-order valence-corrected chi connectivity index (χ1v) is 10.8. The van der Waals surface area contributed by atoms with Gasteiger partial charge >= 0.3 is 0 Å². The Morgan fingerprint density at radius 2 is 1.80 bits per heavy atom. The van der Waals surface area contributed by atoms with Crippen LogP contribution in [-0.4, -0.2) is 25.5 Å². The molecule has 150 valence electrons. The third-order valence-corrected chi connectivity index (χ3v) is 6.67. The van der Waals surface area contributed by atoms with Crippen LogP contribution in [0, 0.1) is 20.8 Å². The minimum absolute atomic E-state index is 0.489. The Morgan fingerprint density at radius 1 is 1.00 bits per heavy atom. The molecule has 0 unspecified atom stereocenters. The van der Waals surface area contributed by atoms with Crippen LogP contribution in [0.4, 0.5) is 5.95 Å². The summed E-state index contributed by atoms with van der Waals surface area (Å²) in [5.41, 5.74) is 5.12. The van der Waals surface area contributed by atoms with E-state index in [9.17, 15) is 0 Å². The molecule has 0 amide bonds. The number of nitrogens with zero attached hydrogens (tertiary/aromatic N) is 6. The zero-order chi connectivity index (χ0) is 20.8. The topological polar surface area (TPSA) is 59.2 Å². The quantitative estimate of drug-likeness (QED) is 0.451. The fourth-order valence-electron chi connectivity index (χ4n) is 3.58. The normalized spacial score (nSPS) is 12.9. The number of halogens is 1. The van der Waals surface area contributed by atoms with Gasteiger partial charge in [0.25, 0.3) is 5.95 Å². The van der Waals surface area contributed by atoms with E-state index >= 15 is 0 Å². The van der Waals surface area contributed by atoms with E-state index in [4.69, 9.17) is 16.7 Å². The maximum atomic E-state index is 6.15. The van der Waals surface area contributed by atoms with E-state index in [1.807, 2.05) is 54.4 Å². The second kappa shape index (κ2) is 7.34. The Morgan fingerprint density at radius 3 is 2.53 bits per heavy atom. The van der Waals surface area contributed by atoms with Crippen LogP contribution in [0.5, 0.6) is 0 Å². The molecule has 0 fully saturated rings. The fourth-order valence-corrected chi connectivity index (χ4v) is 4.91. The molecule has 0 saturated heterocycles. The maximum absolute atomic E-state index is 6.15. The van der Waals surface area contributed by atoms with Gasteiger partial charge in [-0.25, -0.2) is 5.01 Å². The summed E-state index contributed by atoms with van der Waals surface area (Å²) >= 11 is 7.89. The van der Waals surface area contributed by atoms with Crippen molar-refractivity contribution in [3.05, 3.63) is 86.8 Å². The number of benzene rings is 1. The molecule has 30 heavy (non-hydrogen) atoms. The Bertz CT molecular complexity index is 1260. The summed E-state index contributed by atoms with van der Waals surface area (Å²) in [6.45, 7) is 6.74. The lowest BCUT2D eigenvalue weighted by molar-refractivity contribution is 0.780. The number of thiophene rings is 1. The monoisotopic (exact) mass is 434 g/mol. The Kier molecular flexibility index (Phi) is 4.64. The first kappa shape index (κ1) is 19.0. The molecule has 1 aliphatic heterocycles. The largest absolute Gasteiger partial charge is 0.259 e. The van der Waals surface area contributed by atoms with Gasteiger partial charge in [-0.05, 0) is 50.6 Å². The summed E-state index contributed by atoms with van der Waals surface area (Å²) in [4.78, 5) is 5.73. The molecule has 4 heterocycles. The van der Waals surface area contributed by atoms with Gasteiger partial charge in [0.05, 0.1) is 12.2 Å². The van der Waals surface area contributed by atoms with E-state index in [0.29, 0.717) is 17.5 Å². The molecule has 1 aliphatic rings. The van der Waals surface area contributed by atoms with Gasteiger partial charge in [-0.1, -0.05) is 29.8 Å². The van der Waals surface area contributed by atoms with Crippen molar-refractivity contribution < 1.29 is 0 Å². The molecule has 0 bridgehead atoms. The highest BCUT2D eigenvalue weighted by Gasteiger charge is 2.30. The van der Waals surface area contributed by atoms with E-state index in [2.05, 4.69) is 33.6 Å². The molecule has 6 nitrogen and oxygen atoms in total. The van der Waals surface area contributed by atoms with Crippen molar-refractivity contribution >= 4 is 34.6 Å². The predicted octanol–water partition coefficient (Wildman–Crippen LogP) is 5.08. The highest BCUT2D eigenvalue weighted by Crippen LogP contribution is 2.38. The molecule has 0 aliphatic carbocycles. The molecule has 0 spiro atoms. The highest BCUT2D eigenvalue weighted by molar-refractivity contribution is 7.15. The second-order valence-corrected chi connectivity index (χ2v) is 8.82. The van der Waals surface area contributed by atoms with Crippen LogP contribution in [0.1, 0.15) is 33.1 Å². The van der Waals surface area contributed by atoms with Crippen LogP contribution in [0.15, 0.2) is 53.8 Å². The number of fused-ring (bicyclic) bond motifs is 3. The van der Waals surface area contributed by atoms with Gasteiger partial charge in [-0.15, -0.1) is 21.5 Å². The van der Waals surface area contributed by atoms with Crippen molar-refractivity contribution in [3.8, 4) is 5.00 Å². The van der Waals surface area contributed by atoms with Crippen LogP contribution >= 0.6 is 22.9 Å². The molecular weight excluding hydrogens is 416 g/mol. The van der Waals surface area contributed by atoms with E-state index < -0.39 is 0 Å². The molecule has 0 N–H and O–H groups in total. The van der Waals surface area contributed by atoms with E-state index in [0.717, 1.165) is 33.4 Å². The van der Waals surface area contributed by atoms with Crippen LogP contribution in [0.25, 0.3) is 5.00 Å². The fraction of sp³-hybridized carbons (Fsp3) is 0.182. The van der Waals surface area contributed by atoms with Crippen molar-refractivity contribution in [2.75, 3.05) is 5.01 Å². The Balaban J connectivity index is 1.76. The molecule has 0 radical (unpaired) electrons. The molecule has 1 aromatic carbocycles. The summed E-state index contributed by atoms with van der Waals surface area (Å²) in [7, 11) is 0. The van der Waals surface area contributed by atoms with Crippen LogP contribution in [0.3, 0.4) is 0 Å². The molecule has 4 aromatic rings. The average molecular weight is 435 g/mol. The standard InChI is InChI=1S/C22H19ClN6S/c1-13-14(2)30-21-19(13)20(16-7-9-17(23)10-8-16)27-28(12-18-6-4-5-11-24-18)22-26-25-15(3)29(21)22/h4-11H,12H2,1-3H3. The van der Waals surface area contributed by atoms with Crippen molar-refractivity contribution in [1.29, 1.82) is 0 Å². The summed E-state index contributed by atoms with van der Waals surface area (Å²) < 4.78 is 2.09. The summed E-state index contributed by atoms with van der Waals surface area (Å²) in [5.74, 6) is 1.51. The van der Waals surface area contributed by atoms with Crippen molar-refractivity contribution in [3.63, 3.8) is 0 Å². The molecule has 8 heteroatoms. The number of hydrogen-bond acceptors (Lipinski definition) is 6. The van der Waals surface area contributed by atoms with Crippen molar-refractivity contribution in [2.45, 2.75) is 27.3 Å². The first-order chi connectivity index (χ1) is 14.5. The maximum Gasteiger partial charge on any atom is 0.253 e. The number of hydrazone groups is 1. The molecule has 5 rings (SSSR count). The molecular formula is C22H19ClN6S. The Labute approximate surface area is 183 Å². The minimum atomic E-state index is 0.489. The summed E-state index contributed by atoms with van der Waals surface area (Å²) in [6, 6.07) is 13.7. The summed E-state index contributed by atoms with van der Waals surface area (Å²) in [6.07, 6.45) is 1.79. The van der Waals surface area contributed by atoms with Crippen LogP contribution < -0.4 is 5.01 Å². The number of aryl methyl sites for hydroxylation is 2. The van der Waals surface area contributed by atoms with E-state index in [1.54, 1.807) is 17.5 Å². The lowest BCUT2D eigenvalue weighted by Crippen LogP contribution is -2.21. The Hall–Kier alpha value is -3.03. The van der Waals surface area contributed by atoms with Gasteiger partial charge < -0.3 is 0 Å². The third-order valence-electron chi connectivity index (χ3n) is 5.22. The van der Waals surface area contributed by atoms with Gasteiger partial charge in [-0.2, -0.15) is 5.10 Å². The van der Waals surface area contributed by atoms with Crippen molar-refractivity contribution in [1.82, 2.24) is 19.7 Å². The number of aromatic nitrogens is 4. The van der Waals surface area contributed by atoms with Gasteiger partial charge in [0.2, 0.25) is 0 Å². The van der Waals surface area contributed by atoms with Gasteiger partial charge in [0.15, 0.2) is 0 Å². The van der Waals surface area contributed by atoms with E-state index in [-0.39, 0.29) is 0 Å². The number of hydrogen-bond donors (Lipinski definition) is 0. The first-order valence-electron chi connectivity index (χ1n) is 9.57. The van der Waals surface area contributed by atoms with Gasteiger partial charge in [-0.3, -0.25) is 9.55 Å². The average Bonchev–Trinajstić information content (AvgIpc) is 3.22. The lowest BCUT2D eigenvalue weighted by atomic mass is 10.00. The number of rotatable bonds is 3. The second-order valence-electron chi connectivity index (χ2n) is 7.18. The van der Waals surface area contributed by atoms with Crippen LogP contribution in [-0.2, 0) is 6.54 Å². The predicted molar refractivity (Wildman–Crippen MR) is 121 cm³/mol. The zero-order valence-corrected chi connectivity index (χ0v) is 18.4. The molecule has 3 aromatic heterocycles. The van der Waals surface area contributed by atoms with Crippen LogP contribution in [0.2, 0.25) is 5.02 Å². The van der Waals surface area contributed by atoms with Gasteiger partial charge in [0, 0.05) is 27.2 Å². The number of anilines is 1. The minimum Gasteiger partial charge on any atom is -0.259 e. The summed E-state index contributed by atoms with van der Waals surface area (Å²) in [5, 5.41) is 17.6. The van der Waals surface area contributed by atoms with Gasteiger partial charge in [0.1, 0.15) is 16.5 Å². The SMILES string of the molecule is Cc1sc2c(c1C)C(c1ccc(Cl)cc1)=NN(Cc1ccccn1)c1nnc(C)n1-2. The molecule has 0 saturated carbocycles. The van der Waals surface area contributed by atoms with E-state index in [1.165, 1.54) is 10.4 Å². The lowest BCUT2D eigenvalue weighted by Gasteiger charge is -2.17.